The van der Waals surface area contributed by atoms with Crippen molar-refractivity contribution in [1.82, 2.24) is 4.98 Å². The molecule has 0 N–H and O–H groups in total. The van der Waals surface area contributed by atoms with Gasteiger partial charge in [-0.25, -0.2) is 0 Å². The molecule has 1 aromatic heterocycles. The van der Waals surface area contributed by atoms with E-state index in [4.69, 9.17) is 9.47 Å². The van der Waals surface area contributed by atoms with Crippen LogP contribution in [0.2, 0.25) is 0 Å². The minimum absolute atomic E-state index is 0.0393. The fourth-order valence-electron chi connectivity index (χ4n) is 3.36. The van der Waals surface area contributed by atoms with Gasteiger partial charge in [-0.05, 0) is 54.3 Å². The van der Waals surface area contributed by atoms with Crippen LogP contribution in [0.1, 0.15) is 45.8 Å². The summed E-state index contributed by atoms with van der Waals surface area (Å²) < 4.78 is 10.6. The number of carbonyl (C=O) groups is 2. The molecule has 5 heteroatoms. The number of Topliss-reactive ketones (excluding diaryl/α,β-unsaturated/α-hetero) is 1. The molecular weight excluding hydrogens is 378 g/mol. The summed E-state index contributed by atoms with van der Waals surface area (Å²) in [5.41, 5.74) is 3.50. The van der Waals surface area contributed by atoms with Crippen LogP contribution in [0.3, 0.4) is 0 Å². The standard InChI is InChI=1S/C25H25NO4/c1-18-6-3-4-9-22(18)23(10-11-24(27)29-2)25(28)20-7-5-8-21(16-20)30-17-19-12-14-26-15-13-19/h3-9,12-16,23H,10-11,17H2,1-2H3. The zero-order chi connectivity index (χ0) is 21.3. The van der Waals surface area contributed by atoms with Crippen LogP contribution in [-0.2, 0) is 16.1 Å². The molecule has 0 bridgehead atoms. The Hall–Kier alpha value is -3.47. The smallest absolute Gasteiger partial charge is 0.305 e. The van der Waals surface area contributed by atoms with Crippen LogP contribution in [0.15, 0.2) is 73.1 Å². The summed E-state index contributed by atoms with van der Waals surface area (Å²) in [7, 11) is 1.36. The van der Waals surface area contributed by atoms with E-state index in [-0.39, 0.29) is 18.2 Å². The van der Waals surface area contributed by atoms with Crippen molar-refractivity contribution in [1.29, 1.82) is 0 Å². The van der Waals surface area contributed by atoms with E-state index >= 15 is 0 Å². The normalized spacial score (nSPS) is 11.5. The van der Waals surface area contributed by atoms with Crippen molar-refractivity contribution in [3.63, 3.8) is 0 Å². The molecular formula is C25H25NO4. The van der Waals surface area contributed by atoms with Crippen molar-refractivity contribution < 1.29 is 19.1 Å². The third-order valence-corrected chi connectivity index (χ3v) is 5.02. The maximum absolute atomic E-state index is 13.4. The SMILES string of the molecule is COC(=O)CCC(C(=O)c1cccc(OCc2ccncc2)c1)c1ccccc1C. The topological polar surface area (TPSA) is 65.5 Å². The third kappa shape index (κ3) is 5.54. The molecule has 1 atom stereocenters. The summed E-state index contributed by atoms with van der Waals surface area (Å²) in [5.74, 6) is -0.173. The number of hydrogen-bond acceptors (Lipinski definition) is 5. The zero-order valence-corrected chi connectivity index (χ0v) is 17.2. The summed E-state index contributed by atoms with van der Waals surface area (Å²) >= 11 is 0. The van der Waals surface area contributed by atoms with Crippen molar-refractivity contribution in [3.05, 3.63) is 95.3 Å². The Labute approximate surface area is 176 Å². The number of benzene rings is 2. The predicted molar refractivity (Wildman–Crippen MR) is 115 cm³/mol. The number of nitrogens with zero attached hydrogens (tertiary/aromatic N) is 1. The van der Waals surface area contributed by atoms with E-state index < -0.39 is 5.92 Å². The second kappa shape index (κ2) is 10.3. The van der Waals surface area contributed by atoms with Crippen LogP contribution in [-0.4, -0.2) is 23.8 Å². The van der Waals surface area contributed by atoms with E-state index in [1.165, 1.54) is 7.11 Å². The molecule has 0 amide bonds. The fraction of sp³-hybridized carbons (Fsp3) is 0.240. The largest absolute Gasteiger partial charge is 0.489 e. The first kappa shape index (κ1) is 21.2. The predicted octanol–water partition coefficient (Wildman–Crippen LogP) is 4.89. The lowest BCUT2D eigenvalue weighted by molar-refractivity contribution is -0.140. The molecule has 30 heavy (non-hydrogen) atoms. The van der Waals surface area contributed by atoms with E-state index in [1.807, 2.05) is 55.5 Å². The number of aromatic nitrogens is 1. The Balaban J connectivity index is 1.81. The Bertz CT molecular complexity index is 1000. The number of pyridine rings is 1. The van der Waals surface area contributed by atoms with Gasteiger partial charge in [0.15, 0.2) is 5.78 Å². The Morgan fingerprint density at radius 1 is 1.00 bits per heavy atom. The lowest BCUT2D eigenvalue weighted by Crippen LogP contribution is -2.16. The van der Waals surface area contributed by atoms with Gasteiger partial charge in [0.1, 0.15) is 12.4 Å². The van der Waals surface area contributed by atoms with Crippen molar-refractivity contribution in [2.45, 2.75) is 32.3 Å². The van der Waals surface area contributed by atoms with E-state index in [9.17, 15) is 9.59 Å². The van der Waals surface area contributed by atoms with E-state index in [1.54, 1.807) is 24.5 Å². The first-order valence-corrected chi connectivity index (χ1v) is 9.87. The van der Waals surface area contributed by atoms with Crippen LogP contribution >= 0.6 is 0 Å². The van der Waals surface area contributed by atoms with Gasteiger partial charge in [-0.1, -0.05) is 36.4 Å². The van der Waals surface area contributed by atoms with E-state index in [2.05, 4.69) is 4.98 Å². The molecule has 5 nitrogen and oxygen atoms in total. The molecule has 0 aliphatic heterocycles. The quantitative estimate of drug-likeness (QED) is 0.376. The van der Waals surface area contributed by atoms with Crippen molar-refractivity contribution in [2.75, 3.05) is 7.11 Å². The van der Waals surface area contributed by atoms with Gasteiger partial charge in [0.2, 0.25) is 0 Å². The molecule has 1 heterocycles. The van der Waals surface area contributed by atoms with E-state index in [0.717, 1.165) is 16.7 Å². The number of esters is 1. The van der Waals surface area contributed by atoms with Gasteiger partial charge < -0.3 is 9.47 Å². The summed E-state index contributed by atoms with van der Waals surface area (Å²) in [6, 6.07) is 18.7. The average Bonchev–Trinajstić information content (AvgIpc) is 2.79. The highest BCUT2D eigenvalue weighted by Crippen LogP contribution is 2.29. The minimum Gasteiger partial charge on any atom is -0.489 e. The van der Waals surface area contributed by atoms with Gasteiger partial charge in [0.05, 0.1) is 7.11 Å². The van der Waals surface area contributed by atoms with Gasteiger partial charge in [-0.2, -0.15) is 0 Å². The number of aryl methyl sites for hydroxylation is 1. The first-order valence-electron chi connectivity index (χ1n) is 9.87. The summed E-state index contributed by atoms with van der Waals surface area (Å²) in [4.78, 5) is 29.1. The van der Waals surface area contributed by atoms with Crippen molar-refractivity contribution in [2.24, 2.45) is 0 Å². The first-order chi connectivity index (χ1) is 14.6. The maximum Gasteiger partial charge on any atom is 0.305 e. The summed E-state index contributed by atoms with van der Waals surface area (Å²) in [6.07, 6.45) is 4.00. The molecule has 1 unspecified atom stereocenters. The van der Waals surface area contributed by atoms with Gasteiger partial charge in [-0.15, -0.1) is 0 Å². The highest BCUT2D eigenvalue weighted by atomic mass is 16.5. The minimum atomic E-state index is -0.430. The van der Waals surface area contributed by atoms with Crippen LogP contribution < -0.4 is 4.74 Å². The van der Waals surface area contributed by atoms with E-state index in [0.29, 0.717) is 24.3 Å². The second-order valence-corrected chi connectivity index (χ2v) is 7.06. The molecule has 154 valence electrons. The average molecular weight is 403 g/mol. The third-order valence-electron chi connectivity index (χ3n) is 5.02. The number of hydrogen-bond donors (Lipinski definition) is 0. The highest BCUT2D eigenvalue weighted by molar-refractivity contribution is 6.01. The monoisotopic (exact) mass is 403 g/mol. The molecule has 0 fully saturated rings. The molecule has 3 rings (SSSR count). The van der Waals surface area contributed by atoms with Gasteiger partial charge in [0.25, 0.3) is 0 Å². The van der Waals surface area contributed by atoms with Crippen LogP contribution in [0.4, 0.5) is 0 Å². The zero-order valence-electron chi connectivity index (χ0n) is 17.2. The fourth-order valence-corrected chi connectivity index (χ4v) is 3.36. The molecule has 3 aromatic rings. The summed E-state index contributed by atoms with van der Waals surface area (Å²) in [6.45, 7) is 2.37. The van der Waals surface area contributed by atoms with Crippen LogP contribution in [0, 0.1) is 6.92 Å². The van der Waals surface area contributed by atoms with Gasteiger partial charge >= 0.3 is 5.97 Å². The Morgan fingerprint density at radius 3 is 2.50 bits per heavy atom. The Kier molecular flexibility index (Phi) is 7.33. The molecule has 0 radical (unpaired) electrons. The molecule has 0 aliphatic rings. The van der Waals surface area contributed by atoms with Crippen LogP contribution in [0.5, 0.6) is 5.75 Å². The van der Waals surface area contributed by atoms with Crippen molar-refractivity contribution >= 4 is 11.8 Å². The number of methoxy groups -OCH3 is 1. The molecule has 0 saturated carbocycles. The lowest BCUT2D eigenvalue weighted by atomic mass is 9.85. The number of ether oxygens (including phenoxy) is 2. The van der Waals surface area contributed by atoms with Gasteiger partial charge in [0, 0.05) is 30.3 Å². The number of carbonyl (C=O) groups excluding carboxylic acids is 2. The second-order valence-electron chi connectivity index (χ2n) is 7.06. The molecule has 0 aliphatic carbocycles. The number of ketones is 1. The lowest BCUT2D eigenvalue weighted by Gasteiger charge is -2.18. The molecule has 0 saturated heterocycles. The summed E-state index contributed by atoms with van der Waals surface area (Å²) in [5, 5.41) is 0. The van der Waals surface area contributed by atoms with Crippen molar-refractivity contribution in [3.8, 4) is 5.75 Å². The Morgan fingerprint density at radius 2 is 1.77 bits per heavy atom. The molecule has 2 aromatic carbocycles. The number of rotatable bonds is 9. The molecule has 0 spiro atoms. The van der Waals surface area contributed by atoms with Crippen LogP contribution in [0.25, 0.3) is 0 Å². The highest BCUT2D eigenvalue weighted by Gasteiger charge is 2.24. The van der Waals surface area contributed by atoms with Gasteiger partial charge in [-0.3, -0.25) is 14.6 Å². The maximum atomic E-state index is 13.4.